The van der Waals surface area contributed by atoms with Crippen molar-refractivity contribution in [1.29, 1.82) is 0 Å². The van der Waals surface area contributed by atoms with E-state index in [1.165, 1.54) is 5.56 Å². The molecule has 4 rings (SSSR count). The van der Waals surface area contributed by atoms with Crippen LogP contribution < -0.4 is 10.6 Å². The summed E-state index contributed by atoms with van der Waals surface area (Å²) in [5.41, 5.74) is 6.89. The van der Waals surface area contributed by atoms with Crippen LogP contribution in [0, 0.1) is 13.8 Å². The number of nitrogens with zero attached hydrogens (tertiary/aromatic N) is 1. The van der Waals surface area contributed by atoms with Crippen LogP contribution in [-0.4, -0.2) is 16.0 Å². The first-order valence-electron chi connectivity index (χ1n) is 10.1. The number of carbonyl (C=O) groups excluding carboxylic acids is 1. The van der Waals surface area contributed by atoms with E-state index in [-0.39, 0.29) is 11.0 Å². The van der Waals surface area contributed by atoms with E-state index in [0.717, 1.165) is 39.9 Å². The Kier molecular flexibility index (Phi) is 5.82. The molecule has 3 aromatic carbocycles. The van der Waals surface area contributed by atoms with Gasteiger partial charge in [-0.3, -0.25) is 10.1 Å². The first kappa shape index (κ1) is 20.8. The van der Waals surface area contributed by atoms with Gasteiger partial charge >= 0.3 is 0 Å². The SMILES string of the molecule is CCc1ccc2oc(-c3ccc(C)c(NC(=S)NC(=O)c4ccccc4C)c3)nc2c1. The number of anilines is 1. The van der Waals surface area contributed by atoms with E-state index in [2.05, 4.69) is 28.6 Å². The molecule has 1 heterocycles. The molecule has 6 heteroatoms. The Bertz CT molecular complexity index is 1290. The highest BCUT2D eigenvalue weighted by Gasteiger charge is 2.13. The Morgan fingerprint density at radius 1 is 1.03 bits per heavy atom. The number of fused-ring (bicyclic) bond motifs is 1. The average Bonchev–Trinajstić information content (AvgIpc) is 3.18. The smallest absolute Gasteiger partial charge is 0.257 e. The number of hydrogen-bond acceptors (Lipinski definition) is 4. The molecule has 4 aromatic rings. The van der Waals surface area contributed by atoms with Crippen molar-refractivity contribution in [2.75, 3.05) is 5.32 Å². The minimum Gasteiger partial charge on any atom is -0.436 e. The van der Waals surface area contributed by atoms with Crippen LogP contribution in [0.2, 0.25) is 0 Å². The number of rotatable bonds is 4. The van der Waals surface area contributed by atoms with Gasteiger partial charge in [0.25, 0.3) is 5.91 Å². The second-order valence-corrected chi connectivity index (χ2v) is 7.84. The first-order chi connectivity index (χ1) is 14.9. The van der Waals surface area contributed by atoms with Crippen LogP contribution >= 0.6 is 12.2 Å². The predicted molar refractivity (Wildman–Crippen MR) is 128 cm³/mol. The van der Waals surface area contributed by atoms with Gasteiger partial charge in [0.1, 0.15) is 5.52 Å². The fraction of sp³-hybridized carbons (Fsp3) is 0.160. The zero-order chi connectivity index (χ0) is 22.0. The van der Waals surface area contributed by atoms with Gasteiger partial charge in [0.05, 0.1) is 0 Å². The molecule has 0 bridgehead atoms. The highest BCUT2D eigenvalue weighted by Crippen LogP contribution is 2.28. The van der Waals surface area contributed by atoms with Gasteiger partial charge in [-0.15, -0.1) is 0 Å². The zero-order valence-corrected chi connectivity index (χ0v) is 18.5. The monoisotopic (exact) mass is 429 g/mol. The summed E-state index contributed by atoms with van der Waals surface area (Å²) in [6.07, 6.45) is 0.947. The maximum absolute atomic E-state index is 12.5. The third-order valence-electron chi connectivity index (χ3n) is 5.21. The molecule has 156 valence electrons. The van der Waals surface area contributed by atoms with Crippen LogP contribution in [0.1, 0.15) is 34.0 Å². The molecule has 5 nitrogen and oxygen atoms in total. The number of aromatic nitrogens is 1. The highest BCUT2D eigenvalue weighted by atomic mass is 32.1. The molecule has 31 heavy (non-hydrogen) atoms. The molecule has 0 radical (unpaired) electrons. The van der Waals surface area contributed by atoms with Crippen LogP contribution in [0.5, 0.6) is 0 Å². The van der Waals surface area contributed by atoms with Gasteiger partial charge in [-0.2, -0.15) is 0 Å². The summed E-state index contributed by atoms with van der Waals surface area (Å²) in [5, 5.41) is 6.11. The van der Waals surface area contributed by atoms with E-state index in [0.29, 0.717) is 11.5 Å². The Morgan fingerprint density at radius 3 is 2.61 bits per heavy atom. The maximum atomic E-state index is 12.5. The highest BCUT2D eigenvalue weighted by molar-refractivity contribution is 7.80. The minimum atomic E-state index is -0.241. The van der Waals surface area contributed by atoms with Crippen molar-refractivity contribution in [3.05, 3.63) is 82.9 Å². The molecule has 0 saturated heterocycles. The zero-order valence-electron chi connectivity index (χ0n) is 17.7. The number of thiocarbonyl (C=S) groups is 1. The fourth-order valence-corrected chi connectivity index (χ4v) is 3.56. The Hall–Kier alpha value is -3.51. The van der Waals surface area contributed by atoms with Crippen LogP contribution in [0.25, 0.3) is 22.6 Å². The summed E-state index contributed by atoms with van der Waals surface area (Å²) in [4.78, 5) is 17.2. The van der Waals surface area contributed by atoms with E-state index in [4.69, 9.17) is 16.6 Å². The van der Waals surface area contributed by atoms with E-state index in [1.807, 2.05) is 62.4 Å². The van der Waals surface area contributed by atoms with Crippen LogP contribution in [-0.2, 0) is 6.42 Å². The molecule has 0 aliphatic carbocycles. The van der Waals surface area contributed by atoms with Crippen molar-refractivity contribution in [3.63, 3.8) is 0 Å². The molecular weight excluding hydrogens is 406 g/mol. The van der Waals surface area contributed by atoms with Crippen LogP contribution in [0.3, 0.4) is 0 Å². The largest absolute Gasteiger partial charge is 0.436 e. The summed E-state index contributed by atoms with van der Waals surface area (Å²) in [6.45, 7) is 5.97. The minimum absolute atomic E-state index is 0.235. The number of amides is 1. The van der Waals surface area contributed by atoms with Crippen molar-refractivity contribution in [2.24, 2.45) is 0 Å². The van der Waals surface area contributed by atoms with Crippen molar-refractivity contribution in [2.45, 2.75) is 27.2 Å². The van der Waals surface area contributed by atoms with Crippen molar-refractivity contribution < 1.29 is 9.21 Å². The summed E-state index contributed by atoms with van der Waals surface area (Å²) in [6, 6.07) is 19.3. The summed E-state index contributed by atoms with van der Waals surface area (Å²) in [5.74, 6) is 0.302. The molecule has 0 aliphatic rings. The molecule has 0 atom stereocenters. The number of nitrogens with one attached hydrogen (secondary N) is 2. The lowest BCUT2D eigenvalue weighted by Crippen LogP contribution is -2.34. The summed E-state index contributed by atoms with van der Waals surface area (Å²) in [7, 11) is 0. The number of hydrogen-bond donors (Lipinski definition) is 2. The normalized spacial score (nSPS) is 10.8. The van der Waals surface area contributed by atoms with Gasteiger partial charge < -0.3 is 9.73 Å². The van der Waals surface area contributed by atoms with E-state index >= 15 is 0 Å². The van der Waals surface area contributed by atoms with Crippen LogP contribution in [0.4, 0.5) is 5.69 Å². The second-order valence-electron chi connectivity index (χ2n) is 7.43. The molecule has 0 aliphatic heterocycles. The predicted octanol–water partition coefficient (Wildman–Crippen LogP) is 5.80. The Balaban J connectivity index is 1.55. The summed E-state index contributed by atoms with van der Waals surface area (Å²) >= 11 is 5.37. The third-order valence-corrected chi connectivity index (χ3v) is 5.41. The molecule has 0 fully saturated rings. The standard InChI is InChI=1S/C25H23N3O2S/c1-4-17-10-12-22-21(13-17)26-24(30-22)18-11-9-16(3)20(14-18)27-25(31)28-23(29)19-8-6-5-7-15(19)2/h5-14H,4H2,1-3H3,(H2,27,28,29,31). The lowest BCUT2D eigenvalue weighted by atomic mass is 10.1. The third kappa shape index (κ3) is 4.49. The Labute approximate surface area is 186 Å². The van der Waals surface area contributed by atoms with E-state index < -0.39 is 0 Å². The van der Waals surface area contributed by atoms with Crippen molar-refractivity contribution in [1.82, 2.24) is 10.3 Å². The van der Waals surface area contributed by atoms with E-state index in [9.17, 15) is 4.79 Å². The molecule has 0 spiro atoms. The quantitative estimate of drug-likeness (QED) is 0.401. The number of oxazole rings is 1. The van der Waals surface area contributed by atoms with Gasteiger partial charge in [-0.25, -0.2) is 4.98 Å². The Morgan fingerprint density at radius 2 is 1.84 bits per heavy atom. The fourth-order valence-electron chi connectivity index (χ4n) is 3.36. The van der Waals surface area contributed by atoms with Gasteiger partial charge in [0, 0.05) is 16.8 Å². The lowest BCUT2D eigenvalue weighted by molar-refractivity contribution is 0.0977. The maximum Gasteiger partial charge on any atom is 0.257 e. The van der Waals surface area contributed by atoms with Gasteiger partial charge in [-0.1, -0.05) is 37.3 Å². The number of carbonyl (C=O) groups is 1. The summed E-state index contributed by atoms with van der Waals surface area (Å²) < 4.78 is 5.95. The average molecular weight is 430 g/mol. The molecular formula is C25H23N3O2S. The number of aryl methyl sites for hydroxylation is 3. The molecule has 1 amide bonds. The lowest BCUT2D eigenvalue weighted by Gasteiger charge is -2.13. The topological polar surface area (TPSA) is 67.2 Å². The first-order valence-corrected chi connectivity index (χ1v) is 10.5. The number of benzene rings is 3. The molecule has 1 aromatic heterocycles. The molecule has 0 unspecified atom stereocenters. The van der Waals surface area contributed by atoms with Gasteiger partial charge in [-0.05, 0) is 79.5 Å². The van der Waals surface area contributed by atoms with Crippen molar-refractivity contribution >= 4 is 40.0 Å². The molecule has 0 saturated carbocycles. The van der Waals surface area contributed by atoms with E-state index in [1.54, 1.807) is 6.07 Å². The van der Waals surface area contributed by atoms with Crippen LogP contribution in [0.15, 0.2) is 65.1 Å². The van der Waals surface area contributed by atoms with Gasteiger partial charge in [0.15, 0.2) is 10.7 Å². The molecule has 2 N–H and O–H groups in total. The second kappa shape index (κ2) is 8.70. The van der Waals surface area contributed by atoms with Crippen molar-refractivity contribution in [3.8, 4) is 11.5 Å². The van der Waals surface area contributed by atoms with Gasteiger partial charge in [0.2, 0.25) is 5.89 Å².